The first kappa shape index (κ1) is 15.0. The molecule has 1 unspecified atom stereocenters. The molecule has 0 radical (unpaired) electrons. The molecule has 7 nitrogen and oxygen atoms in total. The molecule has 0 fully saturated rings. The van der Waals surface area contributed by atoms with Crippen LogP contribution in [0.1, 0.15) is 12.5 Å². The summed E-state index contributed by atoms with van der Waals surface area (Å²) < 4.78 is 5.97. The molecule has 1 atom stereocenters. The molecule has 1 aromatic rings. The van der Waals surface area contributed by atoms with E-state index >= 15 is 0 Å². The number of urea groups is 1. The number of carbonyl (C=O) groups excluding carboxylic acids is 2. The van der Waals surface area contributed by atoms with Crippen LogP contribution in [0.25, 0.3) is 0 Å². The van der Waals surface area contributed by atoms with Crippen LogP contribution in [0.3, 0.4) is 0 Å². The number of nitrogen functional groups attached to an aromatic ring is 1. The van der Waals surface area contributed by atoms with Gasteiger partial charge in [0.15, 0.2) is 11.9 Å². The van der Waals surface area contributed by atoms with Gasteiger partial charge >= 0.3 is 6.03 Å². The van der Waals surface area contributed by atoms with E-state index in [9.17, 15) is 9.59 Å². The number of imide groups is 1. The Kier molecular flexibility index (Phi) is 4.94. The molecular formula is C11H11IN4O3. The molecule has 0 saturated carbocycles. The fraction of sp³-hybridized carbons (Fsp3) is 0.182. The summed E-state index contributed by atoms with van der Waals surface area (Å²) in [5, 5.41) is 10.7. The van der Waals surface area contributed by atoms with Gasteiger partial charge in [0.1, 0.15) is 0 Å². The molecule has 0 aliphatic heterocycles. The topological polar surface area (TPSA) is 131 Å². The van der Waals surface area contributed by atoms with Crippen LogP contribution in [0, 0.1) is 14.9 Å². The number of nitriles is 1. The Morgan fingerprint density at radius 1 is 1.53 bits per heavy atom. The number of rotatable bonds is 3. The molecule has 1 aromatic carbocycles. The summed E-state index contributed by atoms with van der Waals surface area (Å²) in [7, 11) is 0. The highest BCUT2D eigenvalue weighted by Gasteiger charge is 2.19. The van der Waals surface area contributed by atoms with E-state index in [4.69, 9.17) is 21.5 Å². The van der Waals surface area contributed by atoms with Gasteiger partial charge in [0.2, 0.25) is 0 Å². The third-order valence-electron chi connectivity index (χ3n) is 2.11. The number of anilines is 1. The van der Waals surface area contributed by atoms with Crippen LogP contribution in [0.15, 0.2) is 12.1 Å². The van der Waals surface area contributed by atoms with Gasteiger partial charge in [0, 0.05) is 0 Å². The number of nitrogens with one attached hydrogen (secondary N) is 1. The monoisotopic (exact) mass is 374 g/mol. The third-order valence-corrected chi connectivity index (χ3v) is 2.91. The SMILES string of the molecule is CC(Oc1c(N)cc(C#N)cc1I)C(=O)NC(N)=O. The number of hydrogen-bond acceptors (Lipinski definition) is 5. The first-order valence-corrected chi connectivity index (χ1v) is 6.19. The maximum Gasteiger partial charge on any atom is 0.318 e. The number of nitrogens with zero attached hydrogens (tertiary/aromatic N) is 1. The van der Waals surface area contributed by atoms with E-state index in [1.165, 1.54) is 13.0 Å². The van der Waals surface area contributed by atoms with Crippen LogP contribution in [-0.2, 0) is 4.79 Å². The molecule has 0 saturated heterocycles. The van der Waals surface area contributed by atoms with E-state index in [1.807, 2.05) is 34.0 Å². The molecule has 5 N–H and O–H groups in total. The van der Waals surface area contributed by atoms with Crippen molar-refractivity contribution in [3.63, 3.8) is 0 Å². The zero-order chi connectivity index (χ0) is 14.6. The third kappa shape index (κ3) is 3.99. The van der Waals surface area contributed by atoms with Gasteiger partial charge in [-0.3, -0.25) is 10.1 Å². The zero-order valence-corrected chi connectivity index (χ0v) is 12.1. The van der Waals surface area contributed by atoms with Gasteiger partial charge in [0.05, 0.1) is 20.9 Å². The summed E-state index contributed by atoms with van der Waals surface area (Å²) in [6, 6.07) is 4.02. The molecule has 3 amide bonds. The largest absolute Gasteiger partial charge is 0.478 e. The minimum atomic E-state index is -0.956. The highest BCUT2D eigenvalue weighted by Crippen LogP contribution is 2.30. The van der Waals surface area contributed by atoms with E-state index in [1.54, 1.807) is 6.07 Å². The Balaban J connectivity index is 2.91. The standard InChI is InChI=1S/C11H11IN4O3/c1-5(10(17)16-11(15)18)19-9-7(12)2-6(4-13)3-8(9)14/h2-3,5H,14H2,1H3,(H3,15,16,17,18). The van der Waals surface area contributed by atoms with Gasteiger partial charge in [-0.25, -0.2) is 4.79 Å². The minimum absolute atomic E-state index is 0.238. The highest BCUT2D eigenvalue weighted by atomic mass is 127. The lowest BCUT2D eigenvalue weighted by atomic mass is 10.2. The van der Waals surface area contributed by atoms with Crippen molar-refractivity contribution in [2.24, 2.45) is 5.73 Å². The number of benzene rings is 1. The molecule has 100 valence electrons. The van der Waals surface area contributed by atoms with Gasteiger partial charge in [-0.15, -0.1) is 0 Å². The van der Waals surface area contributed by atoms with Crippen molar-refractivity contribution in [1.29, 1.82) is 5.26 Å². The zero-order valence-electron chi connectivity index (χ0n) is 9.94. The van der Waals surface area contributed by atoms with E-state index in [-0.39, 0.29) is 11.4 Å². The average Bonchev–Trinajstić information content (AvgIpc) is 2.32. The lowest BCUT2D eigenvalue weighted by Crippen LogP contribution is -2.42. The van der Waals surface area contributed by atoms with Crippen LogP contribution >= 0.6 is 22.6 Å². The molecule has 0 aromatic heterocycles. The van der Waals surface area contributed by atoms with Crippen LogP contribution in [-0.4, -0.2) is 18.0 Å². The molecule has 0 aliphatic carbocycles. The van der Waals surface area contributed by atoms with E-state index in [0.29, 0.717) is 9.13 Å². The van der Waals surface area contributed by atoms with Crippen molar-refractivity contribution in [2.45, 2.75) is 13.0 Å². The summed E-state index contributed by atoms with van der Waals surface area (Å²) in [6.45, 7) is 1.45. The van der Waals surface area contributed by atoms with Gasteiger partial charge in [-0.1, -0.05) is 0 Å². The fourth-order valence-corrected chi connectivity index (χ4v) is 2.03. The smallest absolute Gasteiger partial charge is 0.318 e. The maximum absolute atomic E-state index is 11.5. The molecule has 0 bridgehead atoms. The highest BCUT2D eigenvalue weighted by molar-refractivity contribution is 14.1. The van der Waals surface area contributed by atoms with E-state index in [2.05, 4.69) is 0 Å². The first-order valence-electron chi connectivity index (χ1n) is 5.11. The number of carbonyl (C=O) groups is 2. The Morgan fingerprint density at radius 3 is 2.63 bits per heavy atom. The maximum atomic E-state index is 11.5. The number of halogens is 1. The van der Waals surface area contributed by atoms with Crippen LogP contribution in [0.4, 0.5) is 10.5 Å². The molecule has 0 aliphatic rings. The van der Waals surface area contributed by atoms with Crippen molar-refractivity contribution in [1.82, 2.24) is 5.32 Å². The minimum Gasteiger partial charge on any atom is -0.478 e. The Bertz CT molecular complexity index is 545. The summed E-state index contributed by atoms with van der Waals surface area (Å²) in [6.07, 6.45) is -0.948. The second-order valence-corrected chi connectivity index (χ2v) is 4.76. The number of hydrogen-bond donors (Lipinski definition) is 3. The van der Waals surface area contributed by atoms with Crippen molar-refractivity contribution < 1.29 is 14.3 Å². The summed E-state index contributed by atoms with van der Waals surface area (Å²) in [5.41, 5.74) is 11.2. The van der Waals surface area contributed by atoms with Crippen molar-refractivity contribution in [3.8, 4) is 11.8 Å². The number of amides is 3. The van der Waals surface area contributed by atoms with Crippen molar-refractivity contribution in [2.75, 3.05) is 5.73 Å². The Labute approximate surface area is 123 Å². The van der Waals surface area contributed by atoms with E-state index in [0.717, 1.165) is 0 Å². The summed E-state index contributed by atoms with van der Waals surface area (Å²) >= 11 is 1.94. The fourth-order valence-electron chi connectivity index (χ4n) is 1.26. The number of primary amides is 1. The van der Waals surface area contributed by atoms with Crippen LogP contribution in [0.2, 0.25) is 0 Å². The lowest BCUT2D eigenvalue weighted by molar-refractivity contribution is -0.126. The average molecular weight is 374 g/mol. The van der Waals surface area contributed by atoms with Crippen LogP contribution in [0.5, 0.6) is 5.75 Å². The predicted molar refractivity (Wildman–Crippen MR) is 76.1 cm³/mol. The molecule has 19 heavy (non-hydrogen) atoms. The van der Waals surface area contributed by atoms with Gasteiger partial charge in [-0.05, 0) is 41.6 Å². The van der Waals surface area contributed by atoms with E-state index < -0.39 is 18.0 Å². The summed E-state index contributed by atoms with van der Waals surface area (Å²) in [4.78, 5) is 22.0. The number of nitrogens with two attached hydrogens (primary N) is 2. The first-order chi connectivity index (χ1) is 8.85. The van der Waals surface area contributed by atoms with Gasteiger partial charge in [-0.2, -0.15) is 5.26 Å². The second-order valence-electron chi connectivity index (χ2n) is 3.60. The van der Waals surface area contributed by atoms with Crippen molar-refractivity contribution in [3.05, 3.63) is 21.3 Å². The quantitative estimate of drug-likeness (QED) is 0.530. The Morgan fingerprint density at radius 2 is 2.16 bits per heavy atom. The molecule has 0 heterocycles. The second kappa shape index (κ2) is 6.24. The molecule has 8 heteroatoms. The number of ether oxygens (including phenoxy) is 1. The predicted octanol–water partition coefficient (Wildman–Crippen LogP) is 0.707. The molecule has 0 spiro atoms. The lowest BCUT2D eigenvalue weighted by Gasteiger charge is -2.16. The van der Waals surface area contributed by atoms with Gasteiger partial charge < -0.3 is 16.2 Å². The Hall–Kier alpha value is -2.02. The summed E-state index contributed by atoms with van der Waals surface area (Å²) in [5.74, 6) is -0.390. The molecule has 1 rings (SSSR count). The van der Waals surface area contributed by atoms with Crippen molar-refractivity contribution >= 4 is 40.2 Å². The van der Waals surface area contributed by atoms with Gasteiger partial charge in [0.25, 0.3) is 5.91 Å². The molecular weight excluding hydrogens is 363 g/mol. The normalized spacial score (nSPS) is 11.2. The van der Waals surface area contributed by atoms with Crippen LogP contribution < -0.4 is 21.5 Å².